The number of nitrogens with zero attached hydrogens (tertiary/aromatic N) is 1. The fourth-order valence-electron chi connectivity index (χ4n) is 4.81. The molecule has 1 aliphatic heterocycles. The number of amides is 4. The Morgan fingerprint density at radius 2 is 1.57 bits per heavy atom. The van der Waals surface area contributed by atoms with Gasteiger partial charge in [0.2, 0.25) is 17.6 Å². The van der Waals surface area contributed by atoms with Gasteiger partial charge in [0.05, 0.1) is 10.9 Å². The van der Waals surface area contributed by atoms with Crippen LogP contribution in [-0.4, -0.2) is 56.6 Å². The third-order valence-corrected chi connectivity index (χ3v) is 7.80. The lowest BCUT2D eigenvalue weighted by Gasteiger charge is -2.37. The molecule has 0 radical (unpaired) electrons. The predicted molar refractivity (Wildman–Crippen MR) is 158 cm³/mol. The molecule has 5 N–H and O–H groups in total. The average Bonchev–Trinajstić information content (AvgIpc) is 3.24. The van der Waals surface area contributed by atoms with E-state index in [4.69, 9.17) is 5.14 Å². The number of carbonyl (C=O) groups is 5. The zero-order chi connectivity index (χ0) is 31.4. The molecule has 0 spiro atoms. The molecule has 12 heteroatoms. The highest BCUT2D eigenvalue weighted by molar-refractivity contribution is 7.82. The van der Waals surface area contributed by atoms with Crippen LogP contribution in [0.4, 0.5) is 0 Å². The Morgan fingerprint density at radius 3 is 2.12 bits per heavy atom. The fraction of sp³-hybridized carbons (Fsp3) is 0.433. The first kappa shape index (κ1) is 32.6. The molecule has 0 saturated carbocycles. The van der Waals surface area contributed by atoms with Gasteiger partial charge in [0, 0.05) is 18.7 Å². The normalized spacial score (nSPS) is 15.8. The molecule has 1 heterocycles. The number of fused-ring (bicyclic) bond motifs is 1. The number of Topliss-reactive ketones (excluding diaryl/α,β-unsaturated/α-hetero) is 1. The highest BCUT2D eigenvalue weighted by Crippen LogP contribution is 2.32. The second-order valence-corrected chi connectivity index (χ2v) is 12.9. The number of rotatable bonds is 11. The van der Waals surface area contributed by atoms with Crippen molar-refractivity contribution in [1.82, 2.24) is 20.9 Å². The highest BCUT2D eigenvalue weighted by atomic mass is 32.2. The quantitative estimate of drug-likeness (QED) is 0.287. The van der Waals surface area contributed by atoms with Crippen molar-refractivity contribution >= 4 is 40.4 Å². The molecule has 4 amide bonds. The minimum atomic E-state index is -1.63. The van der Waals surface area contributed by atoms with Crippen molar-refractivity contribution in [2.75, 3.05) is 0 Å². The molecule has 0 bridgehead atoms. The summed E-state index contributed by atoms with van der Waals surface area (Å²) in [6.07, 6.45) is 0. The monoisotopic (exact) mass is 597 g/mol. The van der Waals surface area contributed by atoms with Gasteiger partial charge < -0.3 is 20.9 Å². The Hall–Kier alpha value is -3.90. The number of ketones is 1. The summed E-state index contributed by atoms with van der Waals surface area (Å²) in [5.41, 5.74) is 1.40. The van der Waals surface area contributed by atoms with Crippen molar-refractivity contribution < 1.29 is 28.2 Å². The van der Waals surface area contributed by atoms with Crippen LogP contribution in [0, 0.1) is 11.3 Å². The molecule has 226 valence electrons. The van der Waals surface area contributed by atoms with Gasteiger partial charge in [-0.1, -0.05) is 65.0 Å². The van der Waals surface area contributed by atoms with Gasteiger partial charge in [-0.3, -0.25) is 24.0 Å². The van der Waals surface area contributed by atoms with Gasteiger partial charge in [-0.25, -0.2) is 9.35 Å². The molecule has 1 aliphatic rings. The molecule has 0 saturated heterocycles. The molecule has 0 aromatic heterocycles. The van der Waals surface area contributed by atoms with Crippen LogP contribution in [0.2, 0.25) is 0 Å². The van der Waals surface area contributed by atoms with Gasteiger partial charge in [-0.15, -0.1) is 0 Å². The van der Waals surface area contributed by atoms with Crippen molar-refractivity contribution in [1.29, 1.82) is 0 Å². The van der Waals surface area contributed by atoms with Gasteiger partial charge in [0.15, 0.2) is 0 Å². The number of hydrogen-bond donors (Lipinski definition) is 4. The van der Waals surface area contributed by atoms with Gasteiger partial charge in [0.1, 0.15) is 23.1 Å². The lowest BCUT2D eigenvalue weighted by molar-refractivity contribution is -0.141. The third kappa shape index (κ3) is 7.68. The summed E-state index contributed by atoms with van der Waals surface area (Å²) in [4.78, 5) is 67.3. The summed E-state index contributed by atoms with van der Waals surface area (Å²) in [5, 5.41) is 13.2. The third-order valence-electron chi connectivity index (χ3n) is 7.06. The van der Waals surface area contributed by atoms with E-state index in [0.717, 1.165) is 5.56 Å². The van der Waals surface area contributed by atoms with Gasteiger partial charge in [-0.2, -0.15) is 0 Å². The van der Waals surface area contributed by atoms with E-state index in [9.17, 15) is 28.2 Å². The predicted octanol–water partition coefficient (Wildman–Crippen LogP) is 1.57. The molecule has 42 heavy (non-hydrogen) atoms. The maximum Gasteiger partial charge on any atom is 0.289 e. The summed E-state index contributed by atoms with van der Waals surface area (Å²) in [6.45, 7) is 10.7. The summed E-state index contributed by atoms with van der Waals surface area (Å²) < 4.78 is 11.3. The second-order valence-electron chi connectivity index (χ2n) is 11.8. The minimum Gasteiger partial charge on any atom is -0.345 e. The first-order valence-corrected chi connectivity index (χ1v) is 14.9. The van der Waals surface area contributed by atoms with Crippen LogP contribution in [-0.2, 0) is 43.3 Å². The molecule has 3 rings (SSSR count). The molecule has 2 aromatic rings. The van der Waals surface area contributed by atoms with E-state index in [2.05, 4.69) is 16.0 Å². The summed E-state index contributed by atoms with van der Waals surface area (Å²) >= 11 is 0. The number of nitrogens with two attached hydrogens (primary N) is 1. The summed E-state index contributed by atoms with van der Waals surface area (Å²) in [5.74, 6) is -3.52. The van der Waals surface area contributed by atoms with E-state index in [1.807, 2.05) is 32.9 Å². The Bertz CT molecular complexity index is 1390. The Morgan fingerprint density at radius 1 is 0.952 bits per heavy atom. The number of benzene rings is 2. The Balaban J connectivity index is 1.63. The van der Waals surface area contributed by atoms with Crippen LogP contribution < -0.4 is 21.1 Å². The van der Waals surface area contributed by atoms with E-state index in [-0.39, 0.29) is 19.0 Å². The van der Waals surface area contributed by atoms with Crippen molar-refractivity contribution in [3.8, 4) is 0 Å². The van der Waals surface area contributed by atoms with Crippen molar-refractivity contribution in [2.24, 2.45) is 16.5 Å². The SMILES string of the molecule is CC(C)[C@H](NC(=O)[C@H](C)NC(=O)[C@@H](N1Cc2ccccc2C1=O)C(C)(C)C)C(=O)C(=O)NCc1ccc(S(N)=O)cc1. The maximum absolute atomic E-state index is 13.5. The zero-order valence-corrected chi connectivity index (χ0v) is 25.5. The Kier molecular flexibility index (Phi) is 10.4. The van der Waals surface area contributed by atoms with Crippen molar-refractivity contribution in [3.05, 3.63) is 65.2 Å². The molecular formula is C30H39N5O6S. The zero-order valence-electron chi connectivity index (χ0n) is 24.7. The Labute approximate surface area is 248 Å². The van der Waals surface area contributed by atoms with E-state index < -0.39 is 63.9 Å². The standard InChI is InChI=1S/C30H39N5O6S/c1-17(2)23(24(36)27(38)32-15-19-11-13-21(14-12-19)42(31)41)34-26(37)18(3)33-28(39)25(30(4,5)6)35-16-20-9-7-8-10-22(20)29(35)40/h7-14,17-18,23,25H,15-16,31H2,1-6H3,(H,32,38)(H,33,39)(H,34,37)/t18-,23-,25+,42?/m0/s1. The molecule has 0 aliphatic carbocycles. The van der Waals surface area contributed by atoms with Crippen LogP contribution in [0.3, 0.4) is 0 Å². The van der Waals surface area contributed by atoms with Crippen molar-refractivity contribution in [3.63, 3.8) is 0 Å². The van der Waals surface area contributed by atoms with E-state index in [0.29, 0.717) is 16.0 Å². The molecule has 11 nitrogen and oxygen atoms in total. The number of carbonyl (C=O) groups excluding carboxylic acids is 5. The van der Waals surface area contributed by atoms with E-state index in [1.54, 1.807) is 50.2 Å². The highest BCUT2D eigenvalue weighted by Gasteiger charge is 2.43. The lowest BCUT2D eigenvalue weighted by Crippen LogP contribution is -2.59. The summed E-state index contributed by atoms with van der Waals surface area (Å²) in [7, 11) is -1.63. The van der Waals surface area contributed by atoms with Crippen LogP contribution in [0.1, 0.15) is 63.0 Å². The van der Waals surface area contributed by atoms with Gasteiger partial charge in [0.25, 0.3) is 11.8 Å². The smallest absolute Gasteiger partial charge is 0.289 e. The topological polar surface area (TPSA) is 168 Å². The van der Waals surface area contributed by atoms with E-state index in [1.165, 1.54) is 11.8 Å². The van der Waals surface area contributed by atoms with Crippen LogP contribution >= 0.6 is 0 Å². The fourth-order valence-corrected chi connectivity index (χ4v) is 5.22. The largest absolute Gasteiger partial charge is 0.345 e. The van der Waals surface area contributed by atoms with Crippen LogP contribution in [0.25, 0.3) is 0 Å². The maximum atomic E-state index is 13.5. The molecule has 1 unspecified atom stereocenters. The van der Waals surface area contributed by atoms with Crippen molar-refractivity contribution in [2.45, 2.75) is 77.7 Å². The number of hydrogen-bond acceptors (Lipinski definition) is 6. The van der Waals surface area contributed by atoms with Crippen LogP contribution in [0.15, 0.2) is 53.4 Å². The van der Waals surface area contributed by atoms with Crippen LogP contribution in [0.5, 0.6) is 0 Å². The summed E-state index contributed by atoms with van der Waals surface area (Å²) in [6, 6.07) is 10.5. The molecule has 0 fully saturated rings. The molecular weight excluding hydrogens is 558 g/mol. The lowest BCUT2D eigenvalue weighted by atomic mass is 9.84. The first-order valence-electron chi connectivity index (χ1n) is 13.7. The second kappa shape index (κ2) is 13.4. The van der Waals surface area contributed by atoms with Gasteiger partial charge in [-0.05, 0) is 47.6 Å². The molecule has 2 aromatic carbocycles. The van der Waals surface area contributed by atoms with Gasteiger partial charge >= 0.3 is 0 Å². The number of nitrogens with one attached hydrogen (secondary N) is 3. The van der Waals surface area contributed by atoms with E-state index >= 15 is 0 Å². The first-order chi connectivity index (χ1) is 19.6. The average molecular weight is 598 g/mol. The minimum absolute atomic E-state index is 0.0422. The molecule has 4 atom stereocenters.